The van der Waals surface area contributed by atoms with E-state index in [0.29, 0.717) is 12.5 Å². The lowest BCUT2D eigenvalue weighted by Crippen LogP contribution is -2.16. The first-order valence-corrected chi connectivity index (χ1v) is 6.53. The fourth-order valence-corrected chi connectivity index (χ4v) is 2.78. The van der Waals surface area contributed by atoms with Crippen molar-refractivity contribution in [2.24, 2.45) is 5.73 Å². The van der Waals surface area contributed by atoms with E-state index >= 15 is 0 Å². The van der Waals surface area contributed by atoms with E-state index in [1.54, 1.807) is 6.33 Å². The number of hydrogen-bond acceptors (Lipinski definition) is 3. The standard InChI is InChI=1S/C14H18N4/c15-8-14-16-10-18(17-14)9-12-6-3-5-11-4-1-2-7-13(11)12/h1-2,4,7,10,12H,3,5-6,8-9,15H2. The summed E-state index contributed by atoms with van der Waals surface area (Å²) in [4.78, 5) is 4.18. The highest BCUT2D eigenvalue weighted by atomic mass is 15.3. The molecule has 1 heterocycles. The van der Waals surface area contributed by atoms with Gasteiger partial charge in [-0.15, -0.1) is 0 Å². The normalized spacial score (nSPS) is 18.6. The van der Waals surface area contributed by atoms with Crippen molar-refractivity contribution in [3.63, 3.8) is 0 Å². The van der Waals surface area contributed by atoms with Gasteiger partial charge >= 0.3 is 0 Å². The molecule has 1 atom stereocenters. The Kier molecular flexibility index (Phi) is 3.11. The Balaban J connectivity index is 1.81. The summed E-state index contributed by atoms with van der Waals surface area (Å²) in [5, 5.41) is 4.38. The van der Waals surface area contributed by atoms with E-state index in [4.69, 9.17) is 5.73 Å². The van der Waals surface area contributed by atoms with E-state index in [-0.39, 0.29) is 0 Å². The summed E-state index contributed by atoms with van der Waals surface area (Å²) in [6.07, 6.45) is 5.49. The predicted octanol–water partition coefficient (Wildman–Crippen LogP) is 1.86. The average Bonchev–Trinajstić information content (AvgIpc) is 2.87. The first kappa shape index (κ1) is 11.4. The van der Waals surface area contributed by atoms with Crippen LogP contribution in [0.3, 0.4) is 0 Å². The lowest BCUT2D eigenvalue weighted by molar-refractivity contribution is 0.455. The van der Waals surface area contributed by atoms with Gasteiger partial charge in [0.05, 0.1) is 6.54 Å². The molecule has 0 amide bonds. The van der Waals surface area contributed by atoms with Crippen molar-refractivity contribution in [3.8, 4) is 0 Å². The molecule has 1 aromatic heterocycles. The molecule has 3 rings (SSSR count). The second-order valence-corrected chi connectivity index (χ2v) is 4.87. The minimum Gasteiger partial charge on any atom is -0.324 e. The van der Waals surface area contributed by atoms with Gasteiger partial charge < -0.3 is 5.73 Å². The predicted molar refractivity (Wildman–Crippen MR) is 70.0 cm³/mol. The summed E-state index contributed by atoms with van der Waals surface area (Å²) >= 11 is 0. The zero-order valence-corrected chi connectivity index (χ0v) is 10.4. The highest BCUT2D eigenvalue weighted by Gasteiger charge is 2.20. The van der Waals surface area contributed by atoms with Crippen molar-refractivity contribution in [3.05, 3.63) is 47.5 Å². The highest BCUT2D eigenvalue weighted by molar-refractivity contribution is 5.32. The summed E-state index contributed by atoms with van der Waals surface area (Å²) in [7, 11) is 0. The van der Waals surface area contributed by atoms with Gasteiger partial charge in [-0.3, -0.25) is 4.68 Å². The van der Waals surface area contributed by atoms with E-state index in [9.17, 15) is 0 Å². The van der Waals surface area contributed by atoms with Crippen molar-refractivity contribution < 1.29 is 0 Å². The zero-order chi connectivity index (χ0) is 12.4. The molecule has 0 saturated heterocycles. The molecule has 0 aliphatic heterocycles. The Morgan fingerprint density at radius 2 is 2.22 bits per heavy atom. The summed E-state index contributed by atoms with van der Waals surface area (Å²) in [6, 6.07) is 8.75. The van der Waals surface area contributed by atoms with Gasteiger partial charge in [0.15, 0.2) is 5.82 Å². The van der Waals surface area contributed by atoms with Crippen LogP contribution in [-0.2, 0) is 19.5 Å². The number of nitrogens with zero attached hydrogens (tertiary/aromatic N) is 3. The molecule has 1 unspecified atom stereocenters. The van der Waals surface area contributed by atoms with Gasteiger partial charge in [0.2, 0.25) is 0 Å². The van der Waals surface area contributed by atoms with Gasteiger partial charge in [-0.25, -0.2) is 4.98 Å². The number of fused-ring (bicyclic) bond motifs is 1. The van der Waals surface area contributed by atoms with Gasteiger partial charge in [-0.05, 0) is 30.4 Å². The van der Waals surface area contributed by atoms with Crippen LogP contribution in [0.4, 0.5) is 0 Å². The lowest BCUT2D eigenvalue weighted by atomic mass is 9.83. The minimum absolute atomic E-state index is 0.411. The van der Waals surface area contributed by atoms with Crippen molar-refractivity contribution >= 4 is 0 Å². The first-order chi connectivity index (χ1) is 8.86. The molecule has 2 N–H and O–H groups in total. The molecule has 0 saturated carbocycles. The maximum atomic E-state index is 5.53. The van der Waals surface area contributed by atoms with E-state index in [2.05, 4.69) is 34.3 Å². The van der Waals surface area contributed by atoms with E-state index in [1.165, 1.54) is 30.4 Å². The molecular formula is C14H18N4. The molecule has 18 heavy (non-hydrogen) atoms. The fraction of sp³-hybridized carbons (Fsp3) is 0.429. The number of aromatic nitrogens is 3. The molecule has 0 radical (unpaired) electrons. The molecule has 0 spiro atoms. The average molecular weight is 242 g/mol. The second-order valence-electron chi connectivity index (χ2n) is 4.87. The largest absolute Gasteiger partial charge is 0.324 e. The zero-order valence-electron chi connectivity index (χ0n) is 10.4. The third kappa shape index (κ3) is 2.16. The number of nitrogens with two attached hydrogens (primary N) is 1. The maximum Gasteiger partial charge on any atom is 0.164 e. The van der Waals surface area contributed by atoms with E-state index < -0.39 is 0 Å². The summed E-state index contributed by atoms with van der Waals surface area (Å²) in [5.41, 5.74) is 8.51. The summed E-state index contributed by atoms with van der Waals surface area (Å²) < 4.78 is 1.93. The third-order valence-electron chi connectivity index (χ3n) is 3.67. The Morgan fingerprint density at radius 1 is 1.33 bits per heavy atom. The molecule has 0 bridgehead atoms. The molecule has 0 fully saturated rings. The van der Waals surface area contributed by atoms with Gasteiger partial charge in [0.1, 0.15) is 6.33 Å². The maximum absolute atomic E-state index is 5.53. The molecule has 1 aromatic carbocycles. The van der Waals surface area contributed by atoms with Crippen molar-refractivity contribution in [2.75, 3.05) is 0 Å². The Bertz CT molecular complexity index is 532. The Labute approximate surface area is 107 Å². The number of aryl methyl sites for hydroxylation is 1. The summed E-state index contributed by atoms with van der Waals surface area (Å²) in [6.45, 7) is 1.32. The number of hydrogen-bond donors (Lipinski definition) is 1. The van der Waals surface area contributed by atoms with Crippen molar-refractivity contribution in [1.29, 1.82) is 0 Å². The van der Waals surface area contributed by atoms with Gasteiger partial charge in [-0.2, -0.15) is 5.10 Å². The van der Waals surface area contributed by atoms with E-state index in [1.807, 2.05) is 4.68 Å². The molecule has 4 heteroatoms. The molecule has 2 aromatic rings. The topological polar surface area (TPSA) is 56.7 Å². The minimum atomic E-state index is 0.411. The van der Waals surface area contributed by atoms with Crippen LogP contribution in [0.1, 0.15) is 35.7 Å². The smallest absolute Gasteiger partial charge is 0.164 e. The molecule has 4 nitrogen and oxygen atoms in total. The molecular weight excluding hydrogens is 224 g/mol. The SMILES string of the molecule is NCc1ncn(CC2CCCc3ccccc32)n1. The lowest BCUT2D eigenvalue weighted by Gasteiger charge is -2.25. The second kappa shape index (κ2) is 4.90. The van der Waals surface area contributed by atoms with Crippen LogP contribution < -0.4 is 5.73 Å². The molecule has 1 aliphatic carbocycles. The van der Waals surface area contributed by atoms with Crippen LogP contribution in [0.5, 0.6) is 0 Å². The van der Waals surface area contributed by atoms with Crippen LogP contribution in [0.2, 0.25) is 0 Å². The van der Waals surface area contributed by atoms with Crippen LogP contribution in [0.15, 0.2) is 30.6 Å². The van der Waals surface area contributed by atoms with Crippen LogP contribution in [0.25, 0.3) is 0 Å². The van der Waals surface area contributed by atoms with E-state index in [0.717, 1.165) is 12.4 Å². The molecule has 1 aliphatic rings. The van der Waals surface area contributed by atoms with Crippen LogP contribution in [-0.4, -0.2) is 14.8 Å². The Morgan fingerprint density at radius 3 is 3.06 bits per heavy atom. The van der Waals surface area contributed by atoms with Crippen LogP contribution in [0, 0.1) is 0 Å². The number of benzene rings is 1. The van der Waals surface area contributed by atoms with Crippen molar-refractivity contribution in [2.45, 2.75) is 38.3 Å². The first-order valence-electron chi connectivity index (χ1n) is 6.53. The van der Waals surface area contributed by atoms with Crippen molar-refractivity contribution in [1.82, 2.24) is 14.8 Å². The third-order valence-corrected chi connectivity index (χ3v) is 3.67. The monoisotopic (exact) mass is 242 g/mol. The van der Waals surface area contributed by atoms with Crippen LogP contribution >= 0.6 is 0 Å². The molecule has 94 valence electrons. The van der Waals surface area contributed by atoms with Gasteiger partial charge in [0, 0.05) is 12.5 Å². The highest BCUT2D eigenvalue weighted by Crippen LogP contribution is 2.32. The van der Waals surface area contributed by atoms with Gasteiger partial charge in [-0.1, -0.05) is 24.3 Å². The fourth-order valence-electron chi connectivity index (χ4n) is 2.78. The summed E-state index contributed by atoms with van der Waals surface area (Å²) in [5.74, 6) is 1.28. The van der Waals surface area contributed by atoms with Gasteiger partial charge in [0.25, 0.3) is 0 Å². The Hall–Kier alpha value is -1.68. The number of rotatable bonds is 3. The quantitative estimate of drug-likeness (QED) is 0.893.